The molecule has 3 rings (SSSR count). The molecule has 1 amide bonds. The van der Waals surface area contributed by atoms with E-state index in [-0.39, 0.29) is 5.91 Å². The van der Waals surface area contributed by atoms with Crippen LogP contribution in [0, 0.1) is 5.92 Å². The number of hydrogen-bond donors (Lipinski definition) is 3. The number of piperidine rings is 1. The number of H-pyrrole nitrogens is 1. The number of aromatic amines is 1. The molecular weight excluding hydrogens is 320 g/mol. The Bertz CT molecular complexity index is 619. The highest BCUT2D eigenvalue weighted by molar-refractivity contribution is 9.10. The van der Waals surface area contributed by atoms with Crippen LogP contribution in [-0.2, 0) is 0 Å². The van der Waals surface area contributed by atoms with E-state index >= 15 is 0 Å². The van der Waals surface area contributed by atoms with Crippen molar-refractivity contribution in [3.63, 3.8) is 0 Å². The number of hydrogen-bond acceptors (Lipinski definition) is 3. The highest BCUT2D eigenvalue weighted by atomic mass is 79.9. The average Bonchev–Trinajstić information content (AvgIpc) is 2.89. The van der Waals surface area contributed by atoms with Gasteiger partial charge < -0.3 is 10.6 Å². The highest BCUT2D eigenvalue weighted by Gasteiger charge is 2.17. The van der Waals surface area contributed by atoms with Gasteiger partial charge in [0.05, 0.1) is 5.52 Å². The summed E-state index contributed by atoms with van der Waals surface area (Å²) >= 11 is 3.42. The van der Waals surface area contributed by atoms with E-state index in [0.29, 0.717) is 18.2 Å². The largest absolute Gasteiger partial charge is 0.350 e. The monoisotopic (exact) mass is 336 g/mol. The summed E-state index contributed by atoms with van der Waals surface area (Å²) in [5.74, 6) is 0.407. The molecule has 2 aromatic rings. The lowest BCUT2D eigenvalue weighted by molar-refractivity contribution is 0.0941. The Labute approximate surface area is 125 Å². The predicted molar refractivity (Wildman–Crippen MR) is 81.7 cm³/mol. The van der Waals surface area contributed by atoms with Crippen molar-refractivity contribution in [3.8, 4) is 0 Å². The molecule has 1 aromatic heterocycles. The Morgan fingerprint density at radius 1 is 1.50 bits per heavy atom. The molecule has 2 heterocycles. The molecule has 1 unspecified atom stereocenters. The lowest BCUT2D eigenvalue weighted by atomic mass is 10.00. The topological polar surface area (TPSA) is 69.8 Å². The standard InChI is InChI=1S/C14H17BrN4O/c15-10-3-4-12-11(6-10)13(19-18-12)14(20)17-8-9-2-1-5-16-7-9/h3-4,6,9,16H,1-2,5,7-8H2,(H,17,20)(H,18,19). The van der Waals surface area contributed by atoms with Gasteiger partial charge in [-0.2, -0.15) is 5.10 Å². The summed E-state index contributed by atoms with van der Waals surface area (Å²) in [6.07, 6.45) is 2.35. The van der Waals surface area contributed by atoms with Gasteiger partial charge in [-0.3, -0.25) is 9.89 Å². The highest BCUT2D eigenvalue weighted by Crippen LogP contribution is 2.21. The molecule has 20 heavy (non-hydrogen) atoms. The van der Waals surface area contributed by atoms with Crippen molar-refractivity contribution >= 4 is 32.7 Å². The van der Waals surface area contributed by atoms with E-state index in [1.54, 1.807) is 0 Å². The van der Waals surface area contributed by atoms with Gasteiger partial charge in [0.15, 0.2) is 5.69 Å². The van der Waals surface area contributed by atoms with Crippen LogP contribution in [-0.4, -0.2) is 35.7 Å². The molecule has 106 valence electrons. The van der Waals surface area contributed by atoms with Crippen molar-refractivity contribution < 1.29 is 4.79 Å². The van der Waals surface area contributed by atoms with Crippen LogP contribution in [0.4, 0.5) is 0 Å². The van der Waals surface area contributed by atoms with Gasteiger partial charge in [-0.25, -0.2) is 0 Å². The van der Waals surface area contributed by atoms with Crippen LogP contribution >= 0.6 is 15.9 Å². The maximum absolute atomic E-state index is 12.2. The van der Waals surface area contributed by atoms with Gasteiger partial charge in [0.25, 0.3) is 5.91 Å². The van der Waals surface area contributed by atoms with Gasteiger partial charge in [-0.15, -0.1) is 0 Å². The molecule has 1 saturated heterocycles. The van der Waals surface area contributed by atoms with E-state index in [1.807, 2.05) is 18.2 Å². The van der Waals surface area contributed by atoms with Crippen molar-refractivity contribution in [1.29, 1.82) is 0 Å². The zero-order chi connectivity index (χ0) is 13.9. The molecule has 1 aliphatic heterocycles. The molecule has 0 bridgehead atoms. The third kappa shape index (κ3) is 2.86. The number of fused-ring (bicyclic) bond motifs is 1. The SMILES string of the molecule is O=C(NCC1CCCNC1)c1n[nH]c2ccc(Br)cc12. The normalized spacial score (nSPS) is 19.1. The quantitative estimate of drug-likeness (QED) is 0.803. The minimum atomic E-state index is -0.111. The van der Waals surface area contributed by atoms with Crippen LogP contribution < -0.4 is 10.6 Å². The number of aromatic nitrogens is 2. The van der Waals surface area contributed by atoms with Gasteiger partial charge >= 0.3 is 0 Å². The second-order valence-electron chi connectivity index (χ2n) is 5.18. The summed E-state index contributed by atoms with van der Waals surface area (Å²) in [6.45, 7) is 2.77. The lowest BCUT2D eigenvalue weighted by Crippen LogP contribution is -2.38. The lowest BCUT2D eigenvalue weighted by Gasteiger charge is -2.22. The minimum absolute atomic E-state index is 0.111. The van der Waals surface area contributed by atoms with Gasteiger partial charge in [-0.1, -0.05) is 15.9 Å². The number of rotatable bonds is 3. The number of nitrogens with one attached hydrogen (secondary N) is 3. The summed E-state index contributed by atoms with van der Waals surface area (Å²) < 4.78 is 0.942. The zero-order valence-electron chi connectivity index (χ0n) is 11.1. The van der Waals surface area contributed by atoms with E-state index in [9.17, 15) is 4.79 Å². The minimum Gasteiger partial charge on any atom is -0.350 e. The molecule has 1 fully saturated rings. The third-order valence-corrected chi connectivity index (χ3v) is 4.18. The first-order valence-corrected chi connectivity index (χ1v) is 7.66. The summed E-state index contributed by atoms with van der Waals surface area (Å²) in [6, 6.07) is 5.75. The van der Waals surface area contributed by atoms with Crippen LogP contribution in [0.15, 0.2) is 22.7 Å². The van der Waals surface area contributed by atoms with Crippen molar-refractivity contribution in [2.75, 3.05) is 19.6 Å². The molecule has 5 nitrogen and oxygen atoms in total. The molecule has 1 atom stereocenters. The fourth-order valence-electron chi connectivity index (χ4n) is 2.58. The molecule has 0 radical (unpaired) electrons. The van der Waals surface area contributed by atoms with Crippen molar-refractivity contribution in [2.24, 2.45) is 5.92 Å². The van der Waals surface area contributed by atoms with Crippen molar-refractivity contribution in [3.05, 3.63) is 28.4 Å². The van der Waals surface area contributed by atoms with Gasteiger partial charge in [0.2, 0.25) is 0 Å². The Balaban J connectivity index is 1.70. The molecule has 1 aromatic carbocycles. The van der Waals surface area contributed by atoms with Crippen LogP contribution in [0.1, 0.15) is 23.3 Å². The van der Waals surface area contributed by atoms with Crippen molar-refractivity contribution in [1.82, 2.24) is 20.8 Å². The predicted octanol–water partition coefficient (Wildman–Crippen LogP) is 2.05. The summed E-state index contributed by atoms with van der Waals surface area (Å²) in [7, 11) is 0. The average molecular weight is 337 g/mol. The summed E-state index contributed by atoms with van der Waals surface area (Å²) in [4.78, 5) is 12.2. The number of nitrogens with zero attached hydrogens (tertiary/aromatic N) is 1. The molecule has 0 spiro atoms. The number of carbonyl (C=O) groups is 1. The second kappa shape index (κ2) is 5.93. The van der Waals surface area contributed by atoms with Crippen LogP contribution in [0.3, 0.4) is 0 Å². The van der Waals surface area contributed by atoms with Crippen molar-refractivity contribution in [2.45, 2.75) is 12.8 Å². The second-order valence-corrected chi connectivity index (χ2v) is 6.10. The fourth-order valence-corrected chi connectivity index (χ4v) is 2.94. The van der Waals surface area contributed by atoms with E-state index in [4.69, 9.17) is 0 Å². The van der Waals surface area contributed by atoms with Crippen LogP contribution in [0.25, 0.3) is 10.9 Å². The number of benzene rings is 1. The first-order chi connectivity index (χ1) is 9.74. The molecule has 6 heteroatoms. The summed E-state index contributed by atoms with van der Waals surface area (Å²) in [5, 5.41) is 14.2. The maximum Gasteiger partial charge on any atom is 0.272 e. The molecule has 0 aliphatic carbocycles. The van der Waals surface area contributed by atoms with E-state index in [0.717, 1.165) is 28.5 Å². The van der Waals surface area contributed by atoms with E-state index in [2.05, 4.69) is 36.8 Å². The Morgan fingerprint density at radius 2 is 2.40 bits per heavy atom. The zero-order valence-corrected chi connectivity index (χ0v) is 12.7. The maximum atomic E-state index is 12.2. The Hall–Kier alpha value is -1.40. The van der Waals surface area contributed by atoms with E-state index < -0.39 is 0 Å². The van der Waals surface area contributed by atoms with Gasteiger partial charge in [0.1, 0.15) is 0 Å². The van der Waals surface area contributed by atoms with E-state index in [1.165, 1.54) is 12.8 Å². The van der Waals surface area contributed by atoms with Gasteiger partial charge in [0, 0.05) is 16.4 Å². The van der Waals surface area contributed by atoms with Crippen LogP contribution in [0.5, 0.6) is 0 Å². The molecule has 1 aliphatic rings. The van der Waals surface area contributed by atoms with Crippen LogP contribution in [0.2, 0.25) is 0 Å². The number of halogens is 1. The molecule has 3 N–H and O–H groups in total. The molecular formula is C14H17BrN4O. The first-order valence-electron chi connectivity index (χ1n) is 6.86. The fraction of sp³-hybridized carbons (Fsp3) is 0.429. The Morgan fingerprint density at radius 3 is 3.20 bits per heavy atom. The number of carbonyl (C=O) groups excluding carboxylic acids is 1. The Kier molecular flexibility index (Phi) is 4.03. The third-order valence-electron chi connectivity index (χ3n) is 3.69. The van der Waals surface area contributed by atoms with Gasteiger partial charge in [-0.05, 0) is 50.0 Å². The number of amides is 1. The smallest absolute Gasteiger partial charge is 0.272 e. The molecule has 0 saturated carbocycles. The summed E-state index contributed by atoms with van der Waals surface area (Å²) in [5.41, 5.74) is 1.34. The first kappa shape index (κ1) is 13.6.